The monoisotopic (exact) mass is 327 g/mol. The molecule has 0 radical (unpaired) electrons. The molecule has 0 fully saturated rings. The normalized spacial score (nSPS) is 11.7. The molecule has 0 atom stereocenters. The van der Waals surface area contributed by atoms with Crippen LogP contribution in [0.4, 0.5) is 0 Å². The van der Waals surface area contributed by atoms with Gasteiger partial charge in [0, 0.05) is 0 Å². The first-order chi connectivity index (χ1) is 10.8. The lowest BCUT2D eigenvalue weighted by Crippen LogP contribution is -2.03. The first-order valence-corrected chi connectivity index (χ1v) is 8.10. The van der Waals surface area contributed by atoms with E-state index in [-0.39, 0.29) is 10.5 Å². The molecule has 0 spiro atoms. The highest BCUT2D eigenvalue weighted by molar-refractivity contribution is 7.95. The van der Waals surface area contributed by atoms with Crippen LogP contribution in [0.1, 0.15) is 21.5 Å². The van der Waals surface area contributed by atoms with Crippen molar-refractivity contribution in [1.29, 1.82) is 5.26 Å². The zero-order chi connectivity index (χ0) is 17.0. The number of nitrogens with zero attached hydrogens (tertiary/aromatic N) is 1. The topological polar surface area (TPSA) is 95.2 Å². The SMILES string of the molecule is Cc1ccc(S(=O)(=O)C(C#N)=Cc2ccc(C(=O)O)cc2)cc1. The number of aromatic carboxylic acids is 1. The smallest absolute Gasteiger partial charge is 0.335 e. The van der Waals surface area contributed by atoms with Crippen LogP contribution in [0.15, 0.2) is 58.3 Å². The Bertz CT molecular complexity index is 903. The van der Waals surface area contributed by atoms with Gasteiger partial charge in [0.15, 0.2) is 0 Å². The van der Waals surface area contributed by atoms with Gasteiger partial charge in [-0.2, -0.15) is 5.26 Å². The fraction of sp³-hybridized carbons (Fsp3) is 0.0588. The Morgan fingerprint density at radius 2 is 1.65 bits per heavy atom. The Kier molecular flexibility index (Phi) is 4.63. The van der Waals surface area contributed by atoms with E-state index in [4.69, 9.17) is 5.11 Å². The number of sulfone groups is 1. The van der Waals surface area contributed by atoms with E-state index in [1.165, 1.54) is 42.5 Å². The molecule has 0 heterocycles. The summed E-state index contributed by atoms with van der Waals surface area (Å²) in [5.41, 5.74) is 1.43. The molecular weight excluding hydrogens is 314 g/mol. The van der Waals surface area contributed by atoms with Gasteiger partial charge in [-0.25, -0.2) is 13.2 Å². The summed E-state index contributed by atoms with van der Waals surface area (Å²) >= 11 is 0. The number of carbonyl (C=O) groups is 1. The van der Waals surface area contributed by atoms with Crippen LogP contribution in [0.3, 0.4) is 0 Å². The number of allylic oxidation sites excluding steroid dienone is 1. The molecule has 0 saturated carbocycles. The van der Waals surface area contributed by atoms with Crippen molar-refractivity contribution >= 4 is 21.9 Å². The van der Waals surface area contributed by atoms with Crippen molar-refractivity contribution in [1.82, 2.24) is 0 Å². The third-order valence-electron chi connectivity index (χ3n) is 3.19. The van der Waals surface area contributed by atoms with Gasteiger partial charge in [-0.15, -0.1) is 0 Å². The highest BCUT2D eigenvalue weighted by Crippen LogP contribution is 2.21. The average molecular weight is 327 g/mol. The van der Waals surface area contributed by atoms with Crippen LogP contribution in [0, 0.1) is 18.3 Å². The van der Waals surface area contributed by atoms with Crippen molar-refractivity contribution in [3.05, 3.63) is 70.1 Å². The molecule has 2 rings (SSSR count). The van der Waals surface area contributed by atoms with Gasteiger partial charge >= 0.3 is 5.97 Å². The van der Waals surface area contributed by atoms with Crippen LogP contribution in [-0.4, -0.2) is 19.5 Å². The van der Waals surface area contributed by atoms with Crippen molar-refractivity contribution in [3.8, 4) is 6.07 Å². The van der Waals surface area contributed by atoms with Crippen LogP contribution in [0.5, 0.6) is 0 Å². The van der Waals surface area contributed by atoms with Crippen molar-refractivity contribution in [3.63, 3.8) is 0 Å². The lowest BCUT2D eigenvalue weighted by Gasteiger charge is -2.04. The number of carboxylic acids is 1. The van der Waals surface area contributed by atoms with Gasteiger partial charge in [0.2, 0.25) is 9.84 Å². The Morgan fingerprint density at radius 3 is 2.13 bits per heavy atom. The van der Waals surface area contributed by atoms with E-state index in [0.29, 0.717) is 5.56 Å². The second-order valence-corrected chi connectivity index (χ2v) is 6.78. The minimum Gasteiger partial charge on any atom is -0.478 e. The van der Waals surface area contributed by atoms with Gasteiger partial charge in [-0.1, -0.05) is 29.8 Å². The summed E-state index contributed by atoms with van der Waals surface area (Å²) in [5, 5.41) is 18.0. The average Bonchev–Trinajstić information content (AvgIpc) is 2.53. The zero-order valence-corrected chi connectivity index (χ0v) is 13.0. The zero-order valence-electron chi connectivity index (χ0n) is 12.2. The van der Waals surface area contributed by atoms with Crippen molar-refractivity contribution in [2.45, 2.75) is 11.8 Å². The summed E-state index contributed by atoms with van der Waals surface area (Å²) in [6, 6.07) is 13.5. The van der Waals surface area contributed by atoms with E-state index >= 15 is 0 Å². The molecule has 2 aromatic carbocycles. The molecule has 0 unspecified atom stereocenters. The van der Waals surface area contributed by atoms with Gasteiger partial charge < -0.3 is 5.11 Å². The third-order valence-corrected chi connectivity index (χ3v) is 4.87. The van der Waals surface area contributed by atoms with Crippen LogP contribution >= 0.6 is 0 Å². The fourth-order valence-corrected chi connectivity index (χ4v) is 3.05. The van der Waals surface area contributed by atoms with E-state index in [1.54, 1.807) is 18.2 Å². The summed E-state index contributed by atoms with van der Waals surface area (Å²) in [7, 11) is -3.91. The molecule has 0 aromatic heterocycles. The van der Waals surface area contributed by atoms with E-state index in [2.05, 4.69) is 0 Å². The number of nitriles is 1. The number of rotatable bonds is 4. The number of hydrogen-bond acceptors (Lipinski definition) is 4. The molecule has 1 N–H and O–H groups in total. The number of carboxylic acid groups (broad SMARTS) is 1. The maximum atomic E-state index is 12.5. The van der Waals surface area contributed by atoms with Crippen LogP contribution in [-0.2, 0) is 9.84 Å². The second-order valence-electron chi connectivity index (χ2n) is 4.86. The minimum absolute atomic E-state index is 0.0399. The Morgan fingerprint density at radius 1 is 1.09 bits per heavy atom. The molecule has 2 aromatic rings. The first kappa shape index (κ1) is 16.5. The highest BCUT2D eigenvalue weighted by atomic mass is 32.2. The van der Waals surface area contributed by atoms with Crippen molar-refractivity contribution in [2.75, 3.05) is 0 Å². The van der Waals surface area contributed by atoms with E-state index in [0.717, 1.165) is 5.56 Å². The number of hydrogen-bond donors (Lipinski definition) is 1. The van der Waals surface area contributed by atoms with Crippen LogP contribution in [0.2, 0.25) is 0 Å². The van der Waals surface area contributed by atoms with Crippen molar-refractivity contribution < 1.29 is 18.3 Å². The molecule has 6 heteroatoms. The maximum Gasteiger partial charge on any atom is 0.335 e. The molecule has 0 bridgehead atoms. The summed E-state index contributed by atoms with van der Waals surface area (Å²) in [4.78, 5) is 10.4. The molecule has 0 saturated heterocycles. The number of benzene rings is 2. The molecule has 0 aliphatic heterocycles. The predicted octanol–water partition coefficient (Wildman–Crippen LogP) is 3.03. The standard InChI is InChI=1S/C17H13NO4S/c1-12-2-8-15(9-3-12)23(21,22)16(11-18)10-13-4-6-14(7-5-13)17(19)20/h2-10H,1H3,(H,19,20). The van der Waals surface area contributed by atoms with Crippen LogP contribution in [0.25, 0.3) is 6.08 Å². The van der Waals surface area contributed by atoms with E-state index in [1.807, 2.05) is 6.92 Å². The van der Waals surface area contributed by atoms with Gasteiger partial charge in [0.05, 0.1) is 10.5 Å². The molecule has 0 aliphatic carbocycles. The van der Waals surface area contributed by atoms with Crippen LogP contribution < -0.4 is 0 Å². The second kappa shape index (κ2) is 6.46. The maximum absolute atomic E-state index is 12.5. The lowest BCUT2D eigenvalue weighted by atomic mass is 10.1. The lowest BCUT2D eigenvalue weighted by molar-refractivity contribution is 0.0697. The first-order valence-electron chi connectivity index (χ1n) is 6.61. The largest absolute Gasteiger partial charge is 0.478 e. The van der Waals surface area contributed by atoms with E-state index < -0.39 is 20.7 Å². The fourth-order valence-electron chi connectivity index (χ4n) is 1.89. The van der Waals surface area contributed by atoms with Gasteiger partial charge in [-0.3, -0.25) is 0 Å². The van der Waals surface area contributed by atoms with Gasteiger partial charge in [0.1, 0.15) is 11.0 Å². The molecular formula is C17H13NO4S. The molecule has 23 heavy (non-hydrogen) atoms. The Labute approximate surface area is 134 Å². The summed E-state index contributed by atoms with van der Waals surface area (Å²) < 4.78 is 24.9. The Hall–Kier alpha value is -2.91. The molecule has 0 amide bonds. The predicted molar refractivity (Wildman–Crippen MR) is 85.4 cm³/mol. The van der Waals surface area contributed by atoms with Gasteiger partial charge in [0.25, 0.3) is 0 Å². The quantitative estimate of drug-likeness (QED) is 0.871. The Balaban J connectivity index is 2.44. The van der Waals surface area contributed by atoms with Gasteiger partial charge in [-0.05, 0) is 42.8 Å². The molecule has 0 aliphatic rings. The summed E-state index contributed by atoms with van der Waals surface area (Å²) in [6.07, 6.45) is 1.22. The van der Waals surface area contributed by atoms with Crippen molar-refractivity contribution in [2.24, 2.45) is 0 Å². The summed E-state index contributed by atoms with van der Waals surface area (Å²) in [6.45, 7) is 1.83. The number of aryl methyl sites for hydroxylation is 1. The third kappa shape index (κ3) is 3.65. The molecule has 116 valence electrons. The van der Waals surface area contributed by atoms with E-state index in [9.17, 15) is 18.5 Å². The molecule has 5 nitrogen and oxygen atoms in total. The minimum atomic E-state index is -3.91. The highest BCUT2D eigenvalue weighted by Gasteiger charge is 2.20. The summed E-state index contributed by atoms with van der Waals surface area (Å²) in [5.74, 6) is -1.08.